The third-order valence-corrected chi connectivity index (χ3v) is 21.1. The van der Waals surface area contributed by atoms with E-state index in [9.17, 15) is 24.3 Å². The van der Waals surface area contributed by atoms with Gasteiger partial charge in [0.25, 0.3) is 11.1 Å². The Balaban J connectivity index is 0.000000144. The topological polar surface area (TPSA) is 157 Å². The summed E-state index contributed by atoms with van der Waals surface area (Å²) in [5.41, 5.74) is 3.40. The van der Waals surface area contributed by atoms with Crippen LogP contribution in [0.3, 0.4) is 0 Å². The highest BCUT2D eigenvalue weighted by molar-refractivity contribution is 5.82. The third kappa shape index (κ3) is 9.62. The zero-order valence-electron chi connectivity index (χ0n) is 44.3. The number of carboxylic acids is 2. The highest BCUT2D eigenvalue weighted by Gasteiger charge is 2.48. The van der Waals surface area contributed by atoms with Gasteiger partial charge in [0.2, 0.25) is 0 Å². The van der Waals surface area contributed by atoms with E-state index in [0.717, 1.165) is 83.5 Å². The molecule has 0 amide bonds. The number of aliphatic carboxylic acids is 2. The van der Waals surface area contributed by atoms with Crippen LogP contribution >= 0.6 is 0 Å². The normalized spacial score (nSPS) is 35.1. The summed E-state index contributed by atoms with van der Waals surface area (Å²) in [5.74, 6) is 2.96. The molecule has 402 valence electrons. The van der Waals surface area contributed by atoms with Crippen LogP contribution in [0.2, 0.25) is 0 Å². The molecular weight excluding hydrogens is 941 g/mol. The standard InChI is InChI=1S/C31H42N4O3.C30H40N4O3/c36-29(37)15-22-18-33(19-22)30-31(38)35(28-11-4-3-10-27(28)32-30)26-16-23-8-5-9-24(17-26)34(23)25-13-20-6-1-2-7-21(12-20)14-25;35-29-28(32-13-12-27(32)30(36)37)31-25-10-3-4-11-26(25)34(29)24-17-21-8-5-9-22(18-24)33(21)23-15-19-6-1-2-7-20(14-19)16-23/h3-4,10-11,20-26H,1-2,5-9,12-19H2,(H,36,37);3-4,10-11,19-24,27H,1-2,5-9,12-18H2,(H,36,37)/t20-,21+,23-,24+,25?,26?;19-,20+,21-,22+,23?,24?,27-/m.0/s1. The van der Waals surface area contributed by atoms with Crippen LogP contribution in [0.25, 0.3) is 22.1 Å². The van der Waals surface area contributed by atoms with E-state index in [1.54, 1.807) is 4.90 Å². The van der Waals surface area contributed by atoms with Crippen molar-refractivity contribution >= 4 is 45.6 Å². The summed E-state index contributed by atoms with van der Waals surface area (Å²) in [5, 5.41) is 18.8. The van der Waals surface area contributed by atoms with Crippen molar-refractivity contribution in [2.24, 2.45) is 29.6 Å². The van der Waals surface area contributed by atoms with E-state index in [2.05, 4.69) is 20.4 Å². The van der Waals surface area contributed by atoms with E-state index in [4.69, 9.17) is 15.1 Å². The van der Waals surface area contributed by atoms with E-state index in [1.807, 2.05) is 51.9 Å². The molecule has 4 saturated carbocycles. The van der Waals surface area contributed by atoms with Crippen molar-refractivity contribution in [3.63, 3.8) is 0 Å². The Morgan fingerprint density at radius 3 is 1.32 bits per heavy atom. The lowest BCUT2D eigenvalue weighted by atomic mass is 9.73. The maximum atomic E-state index is 14.0. The Morgan fingerprint density at radius 1 is 0.480 bits per heavy atom. The number of para-hydroxylation sites is 4. The maximum Gasteiger partial charge on any atom is 0.326 e. The van der Waals surface area contributed by atoms with Gasteiger partial charge in [-0.05, 0) is 144 Å². The summed E-state index contributed by atoms with van der Waals surface area (Å²) < 4.78 is 4.10. The highest BCUT2D eigenvalue weighted by Crippen LogP contribution is 2.49. The number of anilines is 2. The number of rotatable bonds is 9. The van der Waals surface area contributed by atoms with Gasteiger partial charge < -0.3 is 29.1 Å². The lowest BCUT2D eigenvalue weighted by Crippen LogP contribution is -2.59. The van der Waals surface area contributed by atoms with Crippen LogP contribution in [0.5, 0.6) is 0 Å². The molecule has 14 nitrogen and oxygen atoms in total. The van der Waals surface area contributed by atoms with Crippen LogP contribution in [-0.4, -0.2) is 113 Å². The SMILES string of the molecule is O=C(O)CC1CN(c2nc3ccccc3n(C3C[C@H]4CCC[C@@H](C3)N4C3C[C@H]4CCCC[C@@H](C3)C4)c2=O)C1.O=C(O)[C@@H]1CCN1c1nc2ccccc2n(C2C[C@H]3CCC[C@@H](C2)N3C2C[C@H]3CCCC[C@@H](C2)C3)c1=O. The van der Waals surface area contributed by atoms with Gasteiger partial charge in [-0.15, -0.1) is 0 Å². The number of carbonyl (C=O) groups is 2. The Bertz CT molecular complexity index is 2820. The molecule has 14 rings (SSSR count). The van der Waals surface area contributed by atoms with Gasteiger partial charge in [0.1, 0.15) is 6.04 Å². The first-order valence-electron chi connectivity index (χ1n) is 30.1. The first-order valence-corrected chi connectivity index (χ1v) is 30.1. The van der Waals surface area contributed by atoms with Gasteiger partial charge in [0, 0.05) is 73.9 Å². The van der Waals surface area contributed by atoms with E-state index in [-0.39, 0.29) is 35.5 Å². The van der Waals surface area contributed by atoms with E-state index in [0.29, 0.717) is 61.9 Å². The monoisotopic (exact) mass is 1020 g/mol. The summed E-state index contributed by atoms with van der Waals surface area (Å²) in [6.45, 7) is 1.77. The third-order valence-electron chi connectivity index (χ3n) is 21.1. The minimum absolute atomic E-state index is 0.0117. The smallest absolute Gasteiger partial charge is 0.326 e. The number of aromatic nitrogens is 4. The Morgan fingerprint density at radius 2 is 0.907 bits per heavy atom. The number of benzene rings is 2. The van der Waals surface area contributed by atoms with Crippen molar-refractivity contribution in [1.29, 1.82) is 0 Å². The molecule has 2 N–H and O–H groups in total. The number of hydrogen-bond acceptors (Lipinski definition) is 10. The molecule has 10 aliphatic rings. The number of nitrogens with zero attached hydrogens (tertiary/aromatic N) is 8. The Kier molecular flexibility index (Phi) is 13.8. The van der Waals surface area contributed by atoms with E-state index < -0.39 is 18.0 Å². The second-order valence-electron chi connectivity index (χ2n) is 25.8. The van der Waals surface area contributed by atoms with Crippen molar-refractivity contribution in [3.8, 4) is 0 Å². The van der Waals surface area contributed by atoms with Crippen LogP contribution in [0.4, 0.5) is 11.6 Å². The lowest BCUT2D eigenvalue weighted by molar-refractivity contribution is -0.140. The second kappa shape index (κ2) is 20.9. The lowest BCUT2D eigenvalue weighted by Gasteiger charge is -2.54. The molecule has 0 radical (unpaired) electrons. The van der Waals surface area contributed by atoms with Gasteiger partial charge in [0.05, 0.1) is 28.5 Å². The van der Waals surface area contributed by atoms with E-state index >= 15 is 0 Å². The number of piperidine rings is 4. The van der Waals surface area contributed by atoms with Crippen LogP contribution in [0, 0.1) is 29.6 Å². The quantitative estimate of drug-likeness (QED) is 0.164. The average Bonchev–Trinajstić information content (AvgIpc) is 3.67. The maximum absolute atomic E-state index is 14.0. The largest absolute Gasteiger partial charge is 0.481 e. The minimum atomic E-state index is -0.872. The molecule has 13 atom stereocenters. The molecule has 6 aliphatic heterocycles. The first kappa shape index (κ1) is 49.7. The van der Waals surface area contributed by atoms with Gasteiger partial charge >= 0.3 is 11.9 Å². The molecule has 4 unspecified atom stereocenters. The Hall–Kier alpha value is -4.82. The molecule has 75 heavy (non-hydrogen) atoms. The van der Waals surface area contributed by atoms with Crippen LogP contribution in [-0.2, 0) is 9.59 Å². The fourth-order valence-corrected chi connectivity index (χ4v) is 18.0. The minimum Gasteiger partial charge on any atom is -0.481 e. The Labute approximate surface area is 442 Å². The van der Waals surface area contributed by atoms with Crippen molar-refractivity contribution < 1.29 is 19.8 Å². The molecule has 0 spiro atoms. The van der Waals surface area contributed by atoms with Crippen molar-refractivity contribution in [3.05, 3.63) is 69.2 Å². The second-order valence-corrected chi connectivity index (χ2v) is 25.8. The molecule has 4 aromatic rings. The summed E-state index contributed by atoms with van der Waals surface area (Å²) in [6, 6.07) is 19.4. The van der Waals surface area contributed by atoms with E-state index in [1.165, 1.54) is 128 Å². The highest BCUT2D eigenvalue weighted by atomic mass is 16.4. The van der Waals surface area contributed by atoms with Gasteiger partial charge in [-0.1, -0.05) is 88.5 Å². The van der Waals surface area contributed by atoms with Crippen molar-refractivity contribution in [2.45, 2.75) is 221 Å². The summed E-state index contributed by atoms with van der Waals surface area (Å²) in [6.07, 6.45) is 32.3. The van der Waals surface area contributed by atoms with Crippen molar-refractivity contribution in [2.75, 3.05) is 29.4 Å². The fraction of sp³-hybridized carbons (Fsp3) is 0.705. The number of fused-ring (bicyclic) bond motifs is 10. The van der Waals surface area contributed by atoms with Crippen LogP contribution in [0.15, 0.2) is 58.1 Å². The zero-order valence-corrected chi connectivity index (χ0v) is 44.3. The summed E-state index contributed by atoms with van der Waals surface area (Å²) in [4.78, 5) is 70.1. The predicted molar refractivity (Wildman–Crippen MR) is 293 cm³/mol. The number of carboxylic acid groups (broad SMARTS) is 2. The summed E-state index contributed by atoms with van der Waals surface area (Å²) in [7, 11) is 0. The average molecular weight is 1020 g/mol. The molecule has 14 heteroatoms. The first-order chi connectivity index (χ1) is 36.6. The molecule has 8 bridgehead atoms. The molecular formula is C61H82N8O6. The molecule has 2 aromatic heterocycles. The molecule has 8 heterocycles. The van der Waals surface area contributed by atoms with Crippen LogP contribution in [0.1, 0.15) is 179 Å². The molecule has 6 saturated heterocycles. The van der Waals surface area contributed by atoms with Crippen molar-refractivity contribution in [1.82, 2.24) is 28.9 Å². The molecule has 4 aliphatic carbocycles. The van der Waals surface area contributed by atoms with Gasteiger partial charge in [0.15, 0.2) is 11.6 Å². The molecule has 10 fully saturated rings. The van der Waals surface area contributed by atoms with Gasteiger partial charge in [-0.3, -0.25) is 24.2 Å². The fourth-order valence-electron chi connectivity index (χ4n) is 18.0. The number of hydrogen-bond donors (Lipinski definition) is 2. The zero-order chi connectivity index (χ0) is 50.9. The molecule has 2 aromatic carbocycles. The summed E-state index contributed by atoms with van der Waals surface area (Å²) >= 11 is 0. The van der Waals surface area contributed by atoms with Gasteiger partial charge in [-0.2, -0.15) is 0 Å². The van der Waals surface area contributed by atoms with Gasteiger partial charge in [-0.25, -0.2) is 14.8 Å². The predicted octanol–water partition coefficient (Wildman–Crippen LogP) is 10.2. The van der Waals surface area contributed by atoms with Crippen LogP contribution < -0.4 is 20.9 Å².